The molecule has 1 aliphatic rings. The lowest BCUT2D eigenvalue weighted by molar-refractivity contribution is 0.552. The van der Waals surface area contributed by atoms with E-state index in [-0.39, 0.29) is 11.4 Å². The number of benzene rings is 1. The average Bonchev–Trinajstić information content (AvgIpc) is 3.02. The van der Waals surface area contributed by atoms with Gasteiger partial charge in [0.15, 0.2) is 0 Å². The molecule has 0 bridgehead atoms. The summed E-state index contributed by atoms with van der Waals surface area (Å²) in [5, 5.41) is 7.97. The van der Waals surface area contributed by atoms with Gasteiger partial charge in [-0.25, -0.2) is 17.5 Å². The third-order valence-electron chi connectivity index (χ3n) is 3.48. The minimum absolute atomic E-state index is 0.00269. The van der Waals surface area contributed by atoms with Crippen LogP contribution >= 0.6 is 0 Å². The molecule has 1 aliphatic heterocycles. The molecule has 0 unspecified atom stereocenters. The number of halogens is 1. The van der Waals surface area contributed by atoms with Crippen LogP contribution in [0, 0.1) is 12.7 Å². The highest BCUT2D eigenvalue weighted by Gasteiger charge is 2.22. The van der Waals surface area contributed by atoms with E-state index in [9.17, 15) is 12.8 Å². The Bertz CT molecular complexity index is 785. The quantitative estimate of drug-likeness (QED) is 0.919. The van der Waals surface area contributed by atoms with Gasteiger partial charge in [0.1, 0.15) is 22.4 Å². The summed E-state index contributed by atoms with van der Waals surface area (Å²) < 4.78 is 42.4. The van der Waals surface area contributed by atoms with Gasteiger partial charge in [-0.15, -0.1) is 10.2 Å². The number of fused-ring (bicyclic) bond motifs is 1. The van der Waals surface area contributed by atoms with Crippen molar-refractivity contribution in [2.24, 2.45) is 0 Å². The van der Waals surface area contributed by atoms with Crippen LogP contribution in [0.5, 0.6) is 0 Å². The van der Waals surface area contributed by atoms with Gasteiger partial charge in [-0.2, -0.15) is 0 Å². The molecule has 0 fully saturated rings. The highest BCUT2D eigenvalue weighted by atomic mass is 32.2. The molecule has 21 heavy (non-hydrogen) atoms. The summed E-state index contributed by atoms with van der Waals surface area (Å²) in [7, 11) is -3.91. The monoisotopic (exact) mass is 310 g/mol. The third-order valence-corrected chi connectivity index (χ3v) is 4.90. The molecule has 0 saturated carbocycles. The maximum absolute atomic E-state index is 13.7. The molecule has 0 radical (unpaired) electrons. The molecule has 1 aromatic carbocycles. The van der Waals surface area contributed by atoms with Crippen molar-refractivity contribution in [1.82, 2.24) is 19.5 Å². The fourth-order valence-corrected chi connectivity index (χ4v) is 3.54. The van der Waals surface area contributed by atoms with Crippen molar-refractivity contribution in [3.8, 4) is 0 Å². The standard InChI is InChI=1S/C13H15FN4O2S/c1-9-4-5-10(14)11(7-9)21(19,20)15-8-13-17-16-12-3-2-6-18(12)13/h4-5,7,15H,2-3,6,8H2,1H3. The second-order valence-electron chi connectivity index (χ2n) is 5.05. The predicted octanol–water partition coefficient (Wildman–Crippen LogP) is 1.15. The molecule has 2 aromatic rings. The summed E-state index contributed by atoms with van der Waals surface area (Å²) in [4.78, 5) is -0.344. The Hall–Kier alpha value is -1.80. The van der Waals surface area contributed by atoms with Crippen molar-refractivity contribution in [3.05, 3.63) is 41.2 Å². The molecule has 0 saturated heterocycles. The number of aryl methyl sites for hydroxylation is 2. The molecule has 2 heterocycles. The van der Waals surface area contributed by atoms with E-state index in [1.165, 1.54) is 12.1 Å². The van der Waals surface area contributed by atoms with Crippen LogP contribution in [0.3, 0.4) is 0 Å². The van der Waals surface area contributed by atoms with Crippen LogP contribution in [-0.4, -0.2) is 23.2 Å². The van der Waals surface area contributed by atoms with Crippen molar-refractivity contribution >= 4 is 10.0 Å². The van der Waals surface area contributed by atoms with Gasteiger partial charge in [0, 0.05) is 13.0 Å². The minimum atomic E-state index is -3.91. The maximum Gasteiger partial charge on any atom is 0.243 e. The molecule has 1 aromatic heterocycles. The number of hydrogen-bond acceptors (Lipinski definition) is 4. The highest BCUT2D eigenvalue weighted by Crippen LogP contribution is 2.17. The number of aromatic nitrogens is 3. The summed E-state index contributed by atoms with van der Waals surface area (Å²) in [5.41, 5.74) is 0.681. The Labute approximate surface area is 122 Å². The molecule has 3 rings (SSSR count). The third kappa shape index (κ3) is 2.68. The second-order valence-corrected chi connectivity index (χ2v) is 6.78. The zero-order chi connectivity index (χ0) is 15.0. The molecular formula is C13H15FN4O2S. The van der Waals surface area contributed by atoms with Crippen molar-refractivity contribution in [3.63, 3.8) is 0 Å². The van der Waals surface area contributed by atoms with Crippen LogP contribution in [0.4, 0.5) is 4.39 Å². The second kappa shape index (κ2) is 5.19. The van der Waals surface area contributed by atoms with Crippen LogP contribution in [-0.2, 0) is 29.5 Å². The molecule has 0 aliphatic carbocycles. The number of nitrogens with one attached hydrogen (secondary N) is 1. The first-order chi connectivity index (χ1) is 9.97. The van der Waals surface area contributed by atoms with E-state index < -0.39 is 15.8 Å². The van der Waals surface area contributed by atoms with Gasteiger partial charge in [0.05, 0.1) is 6.54 Å². The Morgan fingerprint density at radius 2 is 2.19 bits per heavy atom. The lowest BCUT2D eigenvalue weighted by Gasteiger charge is -2.08. The zero-order valence-corrected chi connectivity index (χ0v) is 12.3. The molecule has 0 amide bonds. The van der Waals surface area contributed by atoms with E-state index in [1.54, 1.807) is 6.92 Å². The van der Waals surface area contributed by atoms with Gasteiger partial charge < -0.3 is 4.57 Å². The molecule has 112 valence electrons. The highest BCUT2D eigenvalue weighted by molar-refractivity contribution is 7.89. The fraction of sp³-hybridized carbons (Fsp3) is 0.385. The molecule has 1 N–H and O–H groups in total. The fourth-order valence-electron chi connectivity index (χ4n) is 2.40. The number of rotatable bonds is 4. The SMILES string of the molecule is Cc1ccc(F)c(S(=O)(=O)NCc2nnc3n2CCC3)c1. The smallest absolute Gasteiger partial charge is 0.243 e. The predicted molar refractivity (Wildman–Crippen MR) is 73.5 cm³/mol. The summed E-state index contributed by atoms with van der Waals surface area (Å²) in [5.74, 6) is 0.657. The van der Waals surface area contributed by atoms with E-state index in [0.717, 1.165) is 31.3 Å². The molecule has 8 heteroatoms. The van der Waals surface area contributed by atoms with E-state index in [4.69, 9.17) is 0 Å². The summed E-state index contributed by atoms with van der Waals surface area (Å²) in [6.07, 6.45) is 1.84. The van der Waals surface area contributed by atoms with Crippen LogP contribution < -0.4 is 4.72 Å². The summed E-state index contributed by atoms with van der Waals surface area (Å²) in [6.45, 7) is 2.50. The molecule has 0 spiro atoms. The van der Waals surface area contributed by atoms with Crippen LogP contribution in [0.1, 0.15) is 23.6 Å². The van der Waals surface area contributed by atoms with E-state index in [2.05, 4.69) is 14.9 Å². The Balaban J connectivity index is 1.82. The zero-order valence-electron chi connectivity index (χ0n) is 11.5. The van der Waals surface area contributed by atoms with E-state index in [1.807, 2.05) is 4.57 Å². The van der Waals surface area contributed by atoms with Crippen LogP contribution in [0.15, 0.2) is 23.1 Å². The van der Waals surface area contributed by atoms with Gasteiger partial charge in [-0.1, -0.05) is 6.07 Å². The summed E-state index contributed by atoms with van der Waals surface area (Å²) >= 11 is 0. The first kappa shape index (κ1) is 14.2. The first-order valence-electron chi connectivity index (χ1n) is 6.64. The van der Waals surface area contributed by atoms with Crippen LogP contribution in [0.2, 0.25) is 0 Å². The topological polar surface area (TPSA) is 76.9 Å². The first-order valence-corrected chi connectivity index (χ1v) is 8.12. The van der Waals surface area contributed by atoms with E-state index in [0.29, 0.717) is 11.4 Å². The van der Waals surface area contributed by atoms with Crippen molar-refractivity contribution in [1.29, 1.82) is 0 Å². The minimum Gasteiger partial charge on any atom is -0.314 e. The summed E-state index contributed by atoms with van der Waals surface area (Å²) in [6, 6.07) is 3.99. The lowest BCUT2D eigenvalue weighted by atomic mass is 10.2. The number of sulfonamides is 1. The largest absolute Gasteiger partial charge is 0.314 e. The van der Waals surface area contributed by atoms with Gasteiger partial charge in [-0.05, 0) is 31.0 Å². The Morgan fingerprint density at radius 3 is 3.00 bits per heavy atom. The molecule has 6 nitrogen and oxygen atoms in total. The van der Waals surface area contributed by atoms with Gasteiger partial charge in [-0.3, -0.25) is 0 Å². The van der Waals surface area contributed by atoms with Crippen LogP contribution in [0.25, 0.3) is 0 Å². The average molecular weight is 310 g/mol. The Morgan fingerprint density at radius 1 is 1.38 bits per heavy atom. The van der Waals surface area contributed by atoms with Crippen molar-refractivity contribution in [2.75, 3.05) is 0 Å². The van der Waals surface area contributed by atoms with Crippen molar-refractivity contribution in [2.45, 2.75) is 37.8 Å². The number of nitrogens with zero attached hydrogens (tertiary/aromatic N) is 3. The maximum atomic E-state index is 13.7. The Kier molecular flexibility index (Phi) is 3.50. The van der Waals surface area contributed by atoms with Crippen molar-refractivity contribution < 1.29 is 12.8 Å². The normalized spacial score (nSPS) is 14.4. The van der Waals surface area contributed by atoms with Gasteiger partial charge in [0.25, 0.3) is 0 Å². The molecular weight excluding hydrogens is 295 g/mol. The lowest BCUT2D eigenvalue weighted by Crippen LogP contribution is -2.26. The van der Waals surface area contributed by atoms with E-state index >= 15 is 0 Å². The van der Waals surface area contributed by atoms with Gasteiger partial charge in [0.2, 0.25) is 10.0 Å². The van der Waals surface area contributed by atoms with Gasteiger partial charge >= 0.3 is 0 Å². The molecule has 0 atom stereocenters. The number of hydrogen-bond donors (Lipinski definition) is 1.